The first-order valence-electron chi connectivity index (χ1n) is 8.90. The first kappa shape index (κ1) is 18.2. The fourth-order valence-electron chi connectivity index (χ4n) is 6.86. The van der Waals surface area contributed by atoms with Gasteiger partial charge in [0, 0.05) is 0 Å². The minimum absolute atomic E-state index is 0.0888. The molecule has 142 valence electrons. The smallest absolute Gasteiger partial charge is 0.294 e. The van der Waals surface area contributed by atoms with Gasteiger partial charge in [-0.2, -0.15) is 0 Å². The summed E-state index contributed by atoms with van der Waals surface area (Å²) < 4.78 is 0. The minimum atomic E-state index is -0.949. The largest absolute Gasteiger partial charge is 0.330 e. The van der Waals surface area contributed by atoms with Crippen molar-refractivity contribution in [2.45, 2.75) is 58.5 Å². The number of nitrogens with zero attached hydrogens (tertiary/aromatic N) is 2. The Hall–Kier alpha value is -1.64. The van der Waals surface area contributed by atoms with E-state index >= 15 is 0 Å². The van der Waals surface area contributed by atoms with Crippen molar-refractivity contribution in [2.24, 2.45) is 33.8 Å². The van der Waals surface area contributed by atoms with Crippen LogP contribution >= 0.6 is 0 Å². The van der Waals surface area contributed by atoms with Gasteiger partial charge in [-0.15, -0.1) is 20.2 Å². The Bertz CT molecular complexity index is 574. The number of nitrogens with two attached hydrogens (primary N) is 1. The second-order valence-electron chi connectivity index (χ2n) is 9.06. The van der Waals surface area contributed by atoms with E-state index in [-0.39, 0.29) is 22.2 Å². The normalized spacial score (nSPS) is 41.2. The molecular weight excluding hydrogens is 330 g/mol. The summed E-state index contributed by atoms with van der Waals surface area (Å²) >= 11 is 0. The third kappa shape index (κ3) is 3.26. The molecule has 6 atom stereocenters. The van der Waals surface area contributed by atoms with E-state index in [2.05, 4.69) is 11.8 Å². The van der Waals surface area contributed by atoms with Gasteiger partial charge in [0.1, 0.15) is 12.7 Å². The highest BCUT2D eigenvalue weighted by molar-refractivity contribution is 5.13. The zero-order valence-electron chi connectivity index (χ0n) is 14.8. The van der Waals surface area contributed by atoms with Crippen molar-refractivity contribution in [3.05, 3.63) is 20.2 Å². The average molecular weight is 357 g/mol. The fraction of sp³-hybridized carbons (Fsp3) is 1.00. The third-order valence-electron chi connectivity index (χ3n) is 7.03. The molecular formula is C16H27N3O6. The van der Waals surface area contributed by atoms with Gasteiger partial charge in [0.05, 0.1) is 0 Å². The van der Waals surface area contributed by atoms with Crippen molar-refractivity contribution < 1.29 is 19.8 Å². The maximum atomic E-state index is 10.9. The Kier molecular flexibility index (Phi) is 4.33. The molecule has 0 aromatic carbocycles. The van der Waals surface area contributed by atoms with Crippen LogP contribution < -0.4 is 5.73 Å². The van der Waals surface area contributed by atoms with Crippen molar-refractivity contribution >= 4 is 0 Å². The van der Waals surface area contributed by atoms with Crippen LogP contribution in [0.15, 0.2) is 0 Å². The maximum Gasteiger partial charge on any atom is 0.294 e. The van der Waals surface area contributed by atoms with E-state index in [4.69, 9.17) is 10.6 Å². The van der Waals surface area contributed by atoms with Gasteiger partial charge >= 0.3 is 0 Å². The van der Waals surface area contributed by atoms with Gasteiger partial charge in [-0.1, -0.05) is 13.8 Å². The molecule has 4 aliphatic rings. The van der Waals surface area contributed by atoms with Gasteiger partial charge in [-0.25, -0.2) is 0 Å². The summed E-state index contributed by atoms with van der Waals surface area (Å²) in [4.78, 5) is 30.7. The zero-order valence-corrected chi connectivity index (χ0v) is 14.8. The molecule has 0 amide bonds. The molecule has 4 rings (SSSR count). The van der Waals surface area contributed by atoms with Gasteiger partial charge in [-0.05, 0) is 73.2 Å². The van der Waals surface area contributed by atoms with Crippen LogP contribution in [0.5, 0.6) is 0 Å². The van der Waals surface area contributed by atoms with Crippen LogP contribution in [0.3, 0.4) is 0 Å². The summed E-state index contributed by atoms with van der Waals surface area (Å²) in [6.45, 7) is 4.41. The van der Waals surface area contributed by atoms with Crippen LogP contribution in [0.1, 0.15) is 52.4 Å². The highest BCUT2D eigenvalue weighted by atomic mass is 17.0. The SMILES string of the molecule is CC(C(CO[N+](=O)[O-])O[N+](=O)[O-])C12CC3CC(CN)(C1)C[C@](C)(C3)C2. The van der Waals surface area contributed by atoms with Crippen LogP contribution in [0, 0.1) is 48.3 Å². The first-order chi connectivity index (χ1) is 11.6. The lowest BCUT2D eigenvalue weighted by Gasteiger charge is -2.68. The Morgan fingerprint density at radius 3 is 2.44 bits per heavy atom. The monoisotopic (exact) mass is 357 g/mol. The highest BCUT2D eigenvalue weighted by Crippen LogP contribution is 2.71. The molecule has 0 aromatic heterocycles. The van der Waals surface area contributed by atoms with Crippen LogP contribution in [-0.4, -0.2) is 29.4 Å². The Morgan fingerprint density at radius 2 is 1.88 bits per heavy atom. The second-order valence-corrected chi connectivity index (χ2v) is 9.06. The summed E-state index contributed by atoms with van der Waals surface area (Å²) in [6, 6.07) is 0. The maximum absolute atomic E-state index is 10.9. The molecule has 4 bridgehead atoms. The van der Waals surface area contributed by atoms with Crippen molar-refractivity contribution in [2.75, 3.05) is 13.2 Å². The number of rotatable bonds is 8. The highest BCUT2D eigenvalue weighted by Gasteiger charge is 2.63. The molecule has 4 fully saturated rings. The van der Waals surface area contributed by atoms with Crippen LogP contribution in [0.25, 0.3) is 0 Å². The van der Waals surface area contributed by atoms with Gasteiger partial charge in [0.2, 0.25) is 0 Å². The van der Waals surface area contributed by atoms with E-state index in [1.807, 2.05) is 6.92 Å². The van der Waals surface area contributed by atoms with Crippen molar-refractivity contribution in [3.8, 4) is 0 Å². The molecule has 4 aliphatic carbocycles. The minimum Gasteiger partial charge on any atom is -0.330 e. The van der Waals surface area contributed by atoms with Gasteiger partial charge in [-0.3, -0.25) is 0 Å². The van der Waals surface area contributed by atoms with Gasteiger partial charge in [0.15, 0.2) is 0 Å². The molecule has 25 heavy (non-hydrogen) atoms. The lowest BCUT2D eigenvalue weighted by Crippen LogP contribution is -2.61. The quantitative estimate of drug-likeness (QED) is 0.521. The summed E-state index contributed by atoms with van der Waals surface area (Å²) in [6.07, 6.45) is 5.33. The molecule has 0 heterocycles. The Balaban J connectivity index is 1.86. The zero-order chi connectivity index (χ0) is 18.5. The third-order valence-corrected chi connectivity index (χ3v) is 7.03. The summed E-state index contributed by atoms with van der Waals surface area (Å²) in [5, 5.41) is 19.7. The molecule has 0 aliphatic heterocycles. The molecule has 9 heteroatoms. The molecule has 0 spiro atoms. The Labute approximate surface area is 146 Å². The molecule has 0 aromatic rings. The molecule has 9 nitrogen and oxygen atoms in total. The van der Waals surface area contributed by atoms with Crippen molar-refractivity contribution in [3.63, 3.8) is 0 Å². The predicted molar refractivity (Wildman–Crippen MR) is 87.2 cm³/mol. The van der Waals surface area contributed by atoms with E-state index in [0.717, 1.165) is 32.1 Å². The summed E-state index contributed by atoms with van der Waals surface area (Å²) in [5.74, 6) is 0.353. The first-order valence-corrected chi connectivity index (χ1v) is 8.90. The van der Waals surface area contributed by atoms with E-state index in [0.29, 0.717) is 12.5 Å². The van der Waals surface area contributed by atoms with E-state index in [1.165, 1.54) is 6.42 Å². The summed E-state index contributed by atoms with van der Waals surface area (Å²) in [5.41, 5.74) is 6.30. The van der Waals surface area contributed by atoms with Crippen LogP contribution in [0.2, 0.25) is 0 Å². The standard InChI is InChI=1S/C16H27N3O6/c1-11(13(25-19(22)23)6-24-18(20)21)16-5-12-3-14(2,8-16)7-15(4-12,9-16)10-17/h11-13H,3-10,17H2,1-2H3/t11?,12?,13?,14-,15?,16?/m0/s1. The molecule has 0 saturated heterocycles. The van der Waals surface area contributed by atoms with E-state index in [1.54, 1.807) is 0 Å². The molecule has 2 N–H and O–H groups in total. The van der Waals surface area contributed by atoms with Crippen molar-refractivity contribution in [1.29, 1.82) is 0 Å². The molecule has 5 unspecified atom stereocenters. The second kappa shape index (κ2) is 5.96. The average Bonchev–Trinajstić information content (AvgIpc) is 2.48. The molecule has 4 saturated carbocycles. The predicted octanol–water partition coefficient (Wildman–Crippen LogP) is 2.34. The van der Waals surface area contributed by atoms with E-state index in [9.17, 15) is 20.2 Å². The summed E-state index contributed by atoms with van der Waals surface area (Å²) in [7, 11) is 0. The van der Waals surface area contributed by atoms with Crippen LogP contribution in [0.4, 0.5) is 0 Å². The Morgan fingerprint density at radius 1 is 1.16 bits per heavy atom. The molecule has 0 radical (unpaired) electrons. The van der Waals surface area contributed by atoms with E-state index < -0.39 is 22.9 Å². The fourth-order valence-corrected chi connectivity index (χ4v) is 6.86. The van der Waals surface area contributed by atoms with Crippen molar-refractivity contribution in [1.82, 2.24) is 0 Å². The number of hydrogen-bond donors (Lipinski definition) is 1. The lowest BCUT2D eigenvalue weighted by molar-refractivity contribution is -0.792. The lowest BCUT2D eigenvalue weighted by atomic mass is 9.37. The number of hydrogen-bond acceptors (Lipinski definition) is 7. The van der Waals surface area contributed by atoms with Gasteiger partial charge < -0.3 is 15.4 Å². The van der Waals surface area contributed by atoms with Crippen LogP contribution in [-0.2, 0) is 9.68 Å². The topological polar surface area (TPSA) is 131 Å². The van der Waals surface area contributed by atoms with Gasteiger partial charge in [0.25, 0.3) is 10.2 Å².